The molecule has 0 aliphatic heterocycles. The molecule has 1 heterocycles. The minimum Gasteiger partial charge on any atom is -0.356 e. The first-order chi connectivity index (χ1) is 8.01. The van der Waals surface area contributed by atoms with Crippen LogP contribution in [0.4, 0.5) is 5.95 Å². The Hall–Kier alpha value is -1.83. The van der Waals surface area contributed by atoms with Crippen LogP contribution in [0.1, 0.15) is 32.0 Å². The third kappa shape index (κ3) is 2.84. The van der Waals surface area contributed by atoms with Gasteiger partial charge < -0.3 is 5.32 Å². The molecule has 0 fully saturated rings. The van der Waals surface area contributed by atoms with Gasteiger partial charge in [0.05, 0.1) is 5.69 Å². The lowest BCUT2D eigenvalue weighted by molar-refractivity contribution is 0.627. The van der Waals surface area contributed by atoms with Gasteiger partial charge in [0.25, 0.3) is 5.56 Å². The first-order valence-electron chi connectivity index (χ1n) is 5.75. The van der Waals surface area contributed by atoms with Gasteiger partial charge in [-0.3, -0.25) is 9.36 Å². The molecule has 0 bridgehead atoms. The molecule has 17 heavy (non-hydrogen) atoms. The van der Waals surface area contributed by atoms with Crippen molar-refractivity contribution in [3.05, 3.63) is 21.6 Å². The van der Waals surface area contributed by atoms with Crippen LogP contribution in [0.3, 0.4) is 0 Å². The van der Waals surface area contributed by atoms with Crippen LogP contribution in [0.5, 0.6) is 0 Å². The maximum atomic E-state index is 12.0. The summed E-state index contributed by atoms with van der Waals surface area (Å²) >= 11 is 0. The SMILES string of the molecule is CCNc1nc(CC(C)C)c(C#N)c(=O)n1C. The Morgan fingerprint density at radius 1 is 1.53 bits per heavy atom. The summed E-state index contributed by atoms with van der Waals surface area (Å²) in [4.78, 5) is 16.3. The van der Waals surface area contributed by atoms with E-state index in [2.05, 4.69) is 10.3 Å². The van der Waals surface area contributed by atoms with E-state index >= 15 is 0 Å². The Balaban J connectivity index is 3.38. The van der Waals surface area contributed by atoms with Crippen LogP contribution in [-0.2, 0) is 13.5 Å². The van der Waals surface area contributed by atoms with Crippen molar-refractivity contribution in [2.75, 3.05) is 11.9 Å². The summed E-state index contributed by atoms with van der Waals surface area (Å²) < 4.78 is 1.38. The van der Waals surface area contributed by atoms with Crippen molar-refractivity contribution >= 4 is 5.95 Å². The molecule has 0 saturated carbocycles. The summed E-state index contributed by atoms with van der Waals surface area (Å²) in [5, 5.41) is 12.1. The van der Waals surface area contributed by atoms with Crippen LogP contribution in [0, 0.1) is 17.2 Å². The van der Waals surface area contributed by atoms with Crippen molar-refractivity contribution in [2.45, 2.75) is 27.2 Å². The van der Waals surface area contributed by atoms with Crippen LogP contribution in [0.15, 0.2) is 4.79 Å². The number of nitrogens with one attached hydrogen (secondary N) is 1. The Bertz CT molecular complexity index is 496. The molecule has 0 amide bonds. The van der Waals surface area contributed by atoms with Crippen molar-refractivity contribution in [3.8, 4) is 6.07 Å². The third-order valence-corrected chi connectivity index (χ3v) is 2.41. The van der Waals surface area contributed by atoms with Crippen LogP contribution in [0.25, 0.3) is 0 Å². The molecular formula is C12H18N4O. The van der Waals surface area contributed by atoms with Crippen molar-refractivity contribution in [2.24, 2.45) is 13.0 Å². The maximum absolute atomic E-state index is 12.0. The van der Waals surface area contributed by atoms with Crippen molar-refractivity contribution in [1.29, 1.82) is 5.26 Å². The Morgan fingerprint density at radius 2 is 2.18 bits per heavy atom. The van der Waals surface area contributed by atoms with Gasteiger partial charge in [-0.15, -0.1) is 0 Å². The maximum Gasteiger partial charge on any atom is 0.272 e. The first-order valence-corrected chi connectivity index (χ1v) is 5.75. The van der Waals surface area contributed by atoms with E-state index in [4.69, 9.17) is 5.26 Å². The lowest BCUT2D eigenvalue weighted by Gasteiger charge is -2.12. The summed E-state index contributed by atoms with van der Waals surface area (Å²) in [6.45, 7) is 6.69. The number of rotatable bonds is 4. The topological polar surface area (TPSA) is 70.7 Å². The Morgan fingerprint density at radius 3 is 2.65 bits per heavy atom. The van der Waals surface area contributed by atoms with Gasteiger partial charge in [-0.1, -0.05) is 13.8 Å². The number of aromatic nitrogens is 2. The van der Waals surface area contributed by atoms with E-state index in [1.54, 1.807) is 7.05 Å². The third-order valence-electron chi connectivity index (χ3n) is 2.41. The standard InChI is InChI=1S/C12H18N4O/c1-5-14-12-15-10(6-8(2)3)9(7-13)11(17)16(12)4/h8H,5-6H2,1-4H3,(H,14,15). The number of hydrogen-bond acceptors (Lipinski definition) is 4. The van der Waals surface area contributed by atoms with E-state index in [0.29, 0.717) is 30.5 Å². The predicted molar refractivity (Wildman–Crippen MR) is 66.9 cm³/mol. The van der Waals surface area contributed by atoms with Gasteiger partial charge in [-0.2, -0.15) is 5.26 Å². The highest BCUT2D eigenvalue weighted by molar-refractivity contribution is 5.38. The highest BCUT2D eigenvalue weighted by Crippen LogP contribution is 2.10. The zero-order valence-electron chi connectivity index (χ0n) is 10.7. The molecule has 0 saturated heterocycles. The summed E-state index contributed by atoms with van der Waals surface area (Å²) in [7, 11) is 1.62. The highest BCUT2D eigenvalue weighted by atomic mass is 16.1. The average Bonchev–Trinajstić information content (AvgIpc) is 2.25. The number of hydrogen-bond donors (Lipinski definition) is 1. The van der Waals surface area contributed by atoms with Crippen LogP contribution < -0.4 is 10.9 Å². The summed E-state index contributed by atoms with van der Waals surface area (Å²) in [6, 6.07) is 1.96. The molecule has 0 spiro atoms. The van der Waals surface area contributed by atoms with Crippen LogP contribution in [0.2, 0.25) is 0 Å². The highest BCUT2D eigenvalue weighted by Gasteiger charge is 2.14. The van der Waals surface area contributed by atoms with Crippen LogP contribution >= 0.6 is 0 Å². The monoisotopic (exact) mass is 234 g/mol. The smallest absolute Gasteiger partial charge is 0.272 e. The molecule has 1 N–H and O–H groups in total. The second-order valence-corrected chi connectivity index (χ2v) is 4.36. The van der Waals surface area contributed by atoms with Gasteiger partial charge in [0.1, 0.15) is 11.6 Å². The van der Waals surface area contributed by atoms with Gasteiger partial charge in [-0.25, -0.2) is 4.98 Å². The Labute approximate surface area is 101 Å². The molecule has 0 unspecified atom stereocenters. The first kappa shape index (κ1) is 13.2. The van der Waals surface area contributed by atoms with Crippen molar-refractivity contribution in [3.63, 3.8) is 0 Å². The quantitative estimate of drug-likeness (QED) is 0.852. The molecule has 1 rings (SSSR count). The van der Waals surface area contributed by atoms with Gasteiger partial charge in [0.15, 0.2) is 0 Å². The molecule has 5 nitrogen and oxygen atoms in total. The molecule has 92 valence electrons. The van der Waals surface area contributed by atoms with E-state index < -0.39 is 0 Å². The molecule has 1 aromatic heterocycles. The fourth-order valence-electron chi connectivity index (χ4n) is 1.61. The Kier molecular flexibility index (Phi) is 4.27. The van der Waals surface area contributed by atoms with E-state index in [1.807, 2.05) is 26.8 Å². The van der Waals surface area contributed by atoms with E-state index in [0.717, 1.165) is 0 Å². The lowest BCUT2D eigenvalue weighted by atomic mass is 10.0. The van der Waals surface area contributed by atoms with Crippen LogP contribution in [-0.4, -0.2) is 16.1 Å². The molecule has 0 aliphatic rings. The fraction of sp³-hybridized carbons (Fsp3) is 0.583. The summed E-state index contributed by atoms with van der Waals surface area (Å²) in [5.74, 6) is 0.878. The molecule has 0 aliphatic carbocycles. The lowest BCUT2D eigenvalue weighted by Crippen LogP contribution is -2.27. The van der Waals surface area contributed by atoms with Crippen molar-refractivity contribution in [1.82, 2.24) is 9.55 Å². The number of anilines is 1. The molecule has 5 heteroatoms. The van der Waals surface area contributed by atoms with Gasteiger partial charge in [-0.05, 0) is 19.3 Å². The van der Waals surface area contributed by atoms with Gasteiger partial charge in [0.2, 0.25) is 5.95 Å². The molecular weight excluding hydrogens is 216 g/mol. The van der Waals surface area contributed by atoms with Crippen molar-refractivity contribution < 1.29 is 0 Å². The van der Waals surface area contributed by atoms with Gasteiger partial charge >= 0.3 is 0 Å². The number of nitriles is 1. The van der Waals surface area contributed by atoms with E-state index in [1.165, 1.54) is 4.57 Å². The molecule has 1 aromatic rings. The zero-order chi connectivity index (χ0) is 13.0. The second-order valence-electron chi connectivity index (χ2n) is 4.36. The normalized spacial score (nSPS) is 10.4. The zero-order valence-corrected chi connectivity index (χ0v) is 10.7. The second kappa shape index (κ2) is 5.48. The largest absolute Gasteiger partial charge is 0.356 e. The summed E-state index contributed by atoms with van der Waals surface area (Å²) in [6.07, 6.45) is 0.636. The summed E-state index contributed by atoms with van der Waals surface area (Å²) in [5.41, 5.74) is 0.457. The molecule has 0 aromatic carbocycles. The van der Waals surface area contributed by atoms with E-state index in [9.17, 15) is 4.79 Å². The number of nitrogens with zero attached hydrogens (tertiary/aromatic N) is 3. The van der Waals surface area contributed by atoms with Gasteiger partial charge in [0, 0.05) is 13.6 Å². The fourth-order valence-corrected chi connectivity index (χ4v) is 1.61. The minimum atomic E-state index is -0.283. The average molecular weight is 234 g/mol. The molecule has 0 atom stereocenters. The molecule has 0 radical (unpaired) electrons. The van der Waals surface area contributed by atoms with E-state index in [-0.39, 0.29) is 11.1 Å². The predicted octanol–water partition coefficient (Wildman–Crippen LogP) is 1.28. The minimum absolute atomic E-state index is 0.155.